The fraction of sp³-hybridized carbons (Fsp3) is 0.429. The summed E-state index contributed by atoms with van der Waals surface area (Å²) in [5.41, 5.74) is 1.08. The lowest BCUT2D eigenvalue weighted by atomic mass is 10.2. The van der Waals surface area contributed by atoms with Gasteiger partial charge < -0.3 is 14.8 Å². The normalized spacial score (nSPS) is 9.35. The molecule has 0 aliphatic heterocycles. The van der Waals surface area contributed by atoms with E-state index in [0.29, 0.717) is 13.2 Å². The molecular formula is C14H19NO2. The van der Waals surface area contributed by atoms with E-state index in [-0.39, 0.29) is 0 Å². The molecule has 0 bridgehead atoms. The molecule has 92 valence electrons. The lowest BCUT2D eigenvalue weighted by molar-refractivity contribution is 0.296. The number of benzene rings is 1. The fourth-order valence-electron chi connectivity index (χ4n) is 1.50. The summed E-state index contributed by atoms with van der Waals surface area (Å²) in [4.78, 5) is 0. The maximum atomic E-state index is 5.68. The topological polar surface area (TPSA) is 30.5 Å². The first-order chi connectivity index (χ1) is 8.33. The van der Waals surface area contributed by atoms with Gasteiger partial charge in [-0.1, -0.05) is 18.1 Å². The summed E-state index contributed by atoms with van der Waals surface area (Å²) in [6, 6.07) is 5.90. The largest absolute Gasteiger partial charge is 0.490 e. The maximum absolute atomic E-state index is 5.68. The molecule has 0 saturated carbocycles. The smallest absolute Gasteiger partial charge is 0.167 e. The standard InChI is InChI=1S/C14H19NO2/c1-4-6-10-17-14-12(11-15-3)8-7-9-13(14)16-5-2/h7-9,15H,5,10-11H2,1-3H3. The second-order valence-electron chi connectivity index (χ2n) is 3.42. The van der Waals surface area contributed by atoms with Gasteiger partial charge in [0.1, 0.15) is 6.61 Å². The van der Waals surface area contributed by atoms with Crippen molar-refractivity contribution in [1.29, 1.82) is 0 Å². The Morgan fingerprint density at radius 3 is 2.76 bits per heavy atom. The van der Waals surface area contributed by atoms with E-state index in [4.69, 9.17) is 9.47 Å². The molecule has 0 aromatic heterocycles. The molecule has 0 unspecified atom stereocenters. The molecule has 0 amide bonds. The average Bonchev–Trinajstić information content (AvgIpc) is 2.33. The highest BCUT2D eigenvalue weighted by Gasteiger charge is 2.09. The number of hydrogen-bond donors (Lipinski definition) is 1. The second kappa shape index (κ2) is 7.59. The van der Waals surface area contributed by atoms with Crippen molar-refractivity contribution in [2.45, 2.75) is 20.4 Å². The van der Waals surface area contributed by atoms with Crippen LogP contribution in [0.15, 0.2) is 18.2 Å². The molecule has 0 aliphatic rings. The van der Waals surface area contributed by atoms with Crippen LogP contribution in [-0.2, 0) is 6.54 Å². The summed E-state index contributed by atoms with van der Waals surface area (Å²) in [5, 5.41) is 3.11. The van der Waals surface area contributed by atoms with Crippen LogP contribution in [-0.4, -0.2) is 20.3 Å². The third-order valence-electron chi connectivity index (χ3n) is 2.19. The van der Waals surface area contributed by atoms with Gasteiger partial charge in [-0.15, -0.1) is 5.92 Å². The Hall–Kier alpha value is -1.66. The molecule has 17 heavy (non-hydrogen) atoms. The number of rotatable bonds is 6. The third-order valence-corrected chi connectivity index (χ3v) is 2.19. The first kappa shape index (κ1) is 13.4. The van der Waals surface area contributed by atoms with Gasteiger partial charge in [0.2, 0.25) is 0 Å². The molecule has 0 spiro atoms. The van der Waals surface area contributed by atoms with Gasteiger partial charge in [0.05, 0.1) is 6.61 Å². The van der Waals surface area contributed by atoms with Crippen LogP contribution in [0.3, 0.4) is 0 Å². The molecular weight excluding hydrogens is 214 g/mol. The molecule has 1 rings (SSSR count). The van der Waals surface area contributed by atoms with Crippen LogP contribution in [0.2, 0.25) is 0 Å². The van der Waals surface area contributed by atoms with Gasteiger partial charge in [0, 0.05) is 12.1 Å². The first-order valence-electron chi connectivity index (χ1n) is 5.75. The summed E-state index contributed by atoms with van der Waals surface area (Å²) < 4.78 is 11.2. The number of para-hydroxylation sites is 1. The van der Waals surface area contributed by atoms with Crippen LogP contribution in [0.5, 0.6) is 11.5 Å². The molecule has 0 saturated heterocycles. The van der Waals surface area contributed by atoms with Crippen molar-refractivity contribution in [3.8, 4) is 23.3 Å². The van der Waals surface area contributed by atoms with Crippen LogP contribution in [0, 0.1) is 11.8 Å². The van der Waals surface area contributed by atoms with Crippen molar-refractivity contribution in [2.75, 3.05) is 20.3 Å². The Morgan fingerprint density at radius 2 is 2.12 bits per heavy atom. The lowest BCUT2D eigenvalue weighted by Crippen LogP contribution is -2.09. The van der Waals surface area contributed by atoms with Gasteiger partial charge >= 0.3 is 0 Å². The number of hydrogen-bond acceptors (Lipinski definition) is 3. The maximum Gasteiger partial charge on any atom is 0.167 e. The van der Waals surface area contributed by atoms with Crippen molar-refractivity contribution in [3.05, 3.63) is 23.8 Å². The molecule has 1 aromatic carbocycles. The first-order valence-corrected chi connectivity index (χ1v) is 5.75. The van der Waals surface area contributed by atoms with E-state index >= 15 is 0 Å². The minimum absolute atomic E-state index is 0.386. The molecule has 3 nitrogen and oxygen atoms in total. The zero-order chi connectivity index (χ0) is 12.5. The molecule has 1 aromatic rings. The van der Waals surface area contributed by atoms with E-state index in [1.165, 1.54) is 0 Å². The van der Waals surface area contributed by atoms with Crippen molar-refractivity contribution < 1.29 is 9.47 Å². The van der Waals surface area contributed by atoms with E-state index in [2.05, 4.69) is 17.2 Å². The third kappa shape index (κ3) is 4.01. The van der Waals surface area contributed by atoms with Gasteiger partial charge in [-0.25, -0.2) is 0 Å². The number of nitrogens with one attached hydrogen (secondary N) is 1. The molecule has 0 heterocycles. The summed E-state index contributed by atoms with van der Waals surface area (Å²) in [7, 11) is 1.91. The predicted molar refractivity (Wildman–Crippen MR) is 69.3 cm³/mol. The van der Waals surface area contributed by atoms with E-state index in [1.54, 1.807) is 6.92 Å². The second-order valence-corrected chi connectivity index (χ2v) is 3.42. The summed E-state index contributed by atoms with van der Waals surface area (Å²) in [5.74, 6) is 7.26. The Morgan fingerprint density at radius 1 is 1.29 bits per heavy atom. The highest BCUT2D eigenvalue weighted by molar-refractivity contribution is 5.46. The molecule has 0 radical (unpaired) electrons. The van der Waals surface area contributed by atoms with E-state index in [9.17, 15) is 0 Å². The average molecular weight is 233 g/mol. The Labute approximate surface area is 103 Å². The molecule has 0 atom stereocenters. The van der Waals surface area contributed by atoms with E-state index < -0.39 is 0 Å². The van der Waals surface area contributed by atoms with Gasteiger partial charge in [-0.2, -0.15) is 0 Å². The Balaban J connectivity index is 2.93. The summed E-state index contributed by atoms with van der Waals surface area (Å²) in [6.07, 6.45) is 0. The quantitative estimate of drug-likeness (QED) is 0.764. The van der Waals surface area contributed by atoms with Crippen LogP contribution in [0.1, 0.15) is 19.4 Å². The van der Waals surface area contributed by atoms with Crippen LogP contribution in [0.25, 0.3) is 0 Å². The molecule has 0 aliphatic carbocycles. The van der Waals surface area contributed by atoms with Crippen molar-refractivity contribution >= 4 is 0 Å². The minimum atomic E-state index is 0.386. The lowest BCUT2D eigenvalue weighted by Gasteiger charge is -2.14. The van der Waals surface area contributed by atoms with Crippen LogP contribution >= 0.6 is 0 Å². The van der Waals surface area contributed by atoms with Crippen molar-refractivity contribution in [3.63, 3.8) is 0 Å². The molecule has 0 fully saturated rings. The summed E-state index contributed by atoms with van der Waals surface area (Å²) >= 11 is 0. The van der Waals surface area contributed by atoms with Crippen LogP contribution in [0.4, 0.5) is 0 Å². The highest BCUT2D eigenvalue weighted by atomic mass is 16.5. The predicted octanol–water partition coefficient (Wildman–Crippen LogP) is 2.21. The Bertz CT molecular complexity index is 380. The minimum Gasteiger partial charge on any atom is -0.490 e. The summed E-state index contributed by atoms with van der Waals surface area (Å²) in [6.45, 7) is 5.51. The monoisotopic (exact) mass is 233 g/mol. The zero-order valence-electron chi connectivity index (χ0n) is 10.7. The van der Waals surface area contributed by atoms with Crippen molar-refractivity contribution in [2.24, 2.45) is 0 Å². The molecule has 3 heteroatoms. The SMILES string of the molecule is CC#CCOc1c(CNC)cccc1OCC. The zero-order valence-corrected chi connectivity index (χ0v) is 10.7. The van der Waals surface area contributed by atoms with E-state index in [0.717, 1.165) is 23.6 Å². The molecule has 1 N–H and O–H groups in total. The van der Waals surface area contributed by atoms with Crippen LogP contribution < -0.4 is 14.8 Å². The number of ether oxygens (including phenoxy) is 2. The van der Waals surface area contributed by atoms with Crippen molar-refractivity contribution in [1.82, 2.24) is 5.32 Å². The highest BCUT2D eigenvalue weighted by Crippen LogP contribution is 2.31. The van der Waals surface area contributed by atoms with Gasteiger partial charge in [0.15, 0.2) is 11.5 Å². The van der Waals surface area contributed by atoms with E-state index in [1.807, 2.05) is 32.2 Å². The van der Waals surface area contributed by atoms with Gasteiger partial charge in [-0.3, -0.25) is 0 Å². The van der Waals surface area contributed by atoms with Gasteiger partial charge in [-0.05, 0) is 27.0 Å². The van der Waals surface area contributed by atoms with Gasteiger partial charge in [0.25, 0.3) is 0 Å². The Kier molecular flexibility index (Phi) is 5.98. The fourth-order valence-corrected chi connectivity index (χ4v) is 1.50.